The number of rotatable bonds is 5. The average molecular weight is 282 g/mol. The minimum atomic E-state index is 0.298. The molecule has 1 atom stereocenters. The number of thiophene rings is 1. The Hall–Kier alpha value is -1.03. The molecule has 1 aromatic carbocycles. The smallest absolute Gasteiger partial charge is 0.115 e. The Morgan fingerprint density at radius 3 is 2.50 bits per heavy atom. The monoisotopic (exact) mass is 281 g/mol. The molecule has 0 saturated carbocycles. The Labute approximate surface area is 116 Å². The van der Waals surface area contributed by atoms with Gasteiger partial charge < -0.3 is 10.4 Å². The van der Waals surface area contributed by atoms with E-state index in [4.69, 9.17) is 11.6 Å². The van der Waals surface area contributed by atoms with Crippen LogP contribution in [0.4, 0.5) is 0 Å². The minimum absolute atomic E-state index is 0.298. The molecule has 0 aliphatic carbocycles. The van der Waals surface area contributed by atoms with Crippen molar-refractivity contribution in [2.24, 2.45) is 0 Å². The molecule has 4 heteroatoms. The predicted molar refractivity (Wildman–Crippen MR) is 77.3 cm³/mol. The zero-order valence-electron chi connectivity index (χ0n) is 10.2. The number of hydrogen-bond acceptors (Lipinski definition) is 3. The summed E-state index contributed by atoms with van der Waals surface area (Å²) in [6.07, 6.45) is 1.00. The van der Waals surface area contributed by atoms with Gasteiger partial charge in [-0.15, -0.1) is 11.3 Å². The van der Waals surface area contributed by atoms with Crippen molar-refractivity contribution in [3.8, 4) is 5.75 Å². The van der Waals surface area contributed by atoms with Crippen LogP contribution in [0.25, 0.3) is 0 Å². The van der Waals surface area contributed by atoms with E-state index in [2.05, 4.69) is 12.2 Å². The van der Waals surface area contributed by atoms with E-state index in [0.717, 1.165) is 17.3 Å². The van der Waals surface area contributed by atoms with E-state index in [-0.39, 0.29) is 0 Å². The molecule has 0 fully saturated rings. The van der Waals surface area contributed by atoms with Crippen molar-refractivity contribution in [2.75, 3.05) is 0 Å². The molecule has 0 aliphatic rings. The maximum atomic E-state index is 9.29. The molecule has 1 unspecified atom stereocenters. The first kappa shape index (κ1) is 13.4. The summed E-state index contributed by atoms with van der Waals surface area (Å²) in [5.41, 5.74) is 1.19. The molecule has 0 radical (unpaired) electrons. The molecule has 0 aliphatic heterocycles. The fourth-order valence-corrected chi connectivity index (χ4v) is 2.91. The topological polar surface area (TPSA) is 32.3 Å². The Balaban J connectivity index is 1.99. The Morgan fingerprint density at radius 1 is 1.22 bits per heavy atom. The number of benzene rings is 1. The lowest BCUT2D eigenvalue weighted by Crippen LogP contribution is -2.19. The van der Waals surface area contributed by atoms with Crippen molar-refractivity contribution in [3.63, 3.8) is 0 Å². The van der Waals surface area contributed by atoms with Gasteiger partial charge in [0, 0.05) is 17.5 Å². The van der Waals surface area contributed by atoms with Crippen LogP contribution in [0.1, 0.15) is 29.8 Å². The van der Waals surface area contributed by atoms with Crippen molar-refractivity contribution in [2.45, 2.75) is 25.9 Å². The molecule has 2 aromatic rings. The highest BCUT2D eigenvalue weighted by molar-refractivity contribution is 7.16. The molecule has 2 nitrogen and oxygen atoms in total. The molecule has 1 heterocycles. The second-order valence-corrected chi connectivity index (χ2v) is 5.94. The van der Waals surface area contributed by atoms with Gasteiger partial charge in [-0.05, 0) is 36.2 Å². The molecule has 0 saturated heterocycles. The van der Waals surface area contributed by atoms with Gasteiger partial charge in [0.15, 0.2) is 0 Å². The Morgan fingerprint density at radius 2 is 1.94 bits per heavy atom. The quantitative estimate of drug-likeness (QED) is 0.854. The largest absolute Gasteiger partial charge is 0.508 e. The van der Waals surface area contributed by atoms with E-state index in [1.165, 1.54) is 10.4 Å². The summed E-state index contributed by atoms with van der Waals surface area (Å²) in [7, 11) is 0. The Kier molecular flexibility index (Phi) is 4.64. The van der Waals surface area contributed by atoms with Crippen LogP contribution in [-0.4, -0.2) is 5.11 Å². The second-order valence-electron chi connectivity index (χ2n) is 4.14. The van der Waals surface area contributed by atoms with Gasteiger partial charge in [-0.25, -0.2) is 0 Å². The number of nitrogens with one attached hydrogen (secondary N) is 1. The summed E-state index contributed by atoms with van der Waals surface area (Å²) in [6, 6.07) is 11.6. The lowest BCUT2D eigenvalue weighted by molar-refractivity contribution is 0.473. The standard InChI is InChI=1S/C14H16ClNOS/c1-2-13(10-3-5-11(17)6-4-10)16-9-12-7-8-14(15)18-12/h3-8,13,16-17H,2,9H2,1H3. The highest BCUT2D eigenvalue weighted by atomic mass is 35.5. The second kappa shape index (κ2) is 6.23. The highest BCUT2D eigenvalue weighted by Gasteiger charge is 2.09. The fourth-order valence-electron chi connectivity index (χ4n) is 1.88. The van der Waals surface area contributed by atoms with E-state index in [9.17, 15) is 5.11 Å². The fraction of sp³-hybridized carbons (Fsp3) is 0.286. The molecular formula is C14H16ClNOS. The van der Waals surface area contributed by atoms with Gasteiger partial charge in [0.2, 0.25) is 0 Å². The first-order valence-corrected chi connectivity index (χ1v) is 7.15. The van der Waals surface area contributed by atoms with Gasteiger partial charge in [-0.3, -0.25) is 0 Å². The molecule has 0 amide bonds. The minimum Gasteiger partial charge on any atom is -0.508 e. The zero-order chi connectivity index (χ0) is 13.0. The van der Waals surface area contributed by atoms with Crippen molar-refractivity contribution >= 4 is 22.9 Å². The number of hydrogen-bond donors (Lipinski definition) is 2. The van der Waals surface area contributed by atoms with E-state index >= 15 is 0 Å². The molecule has 1 aromatic heterocycles. The maximum absolute atomic E-state index is 9.29. The van der Waals surface area contributed by atoms with Crippen LogP contribution in [-0.2, 0) is 6.54 Å². The van der Waals surface area contributed by atoms with Gasteiger partial charge in [0.05, 0.1) is 4.34 Å². The predicted octanol–water partition coefficient (Wildman–Crippen LogP) is 4.35. The van der Waals surface area contributed by atoms with Crippen LogP contribution in [0, 0.1) is 0 Å². The molecule has 0 spiro atoms. The van der Waals surface area contributed by atoms with Crippen LogP contribution in [0.3, 0.4) is 0 Å². The number of phenolic OH excluding ortho intramolecular Hbond substituents is 1. The summed E-state index contributed by atoms with van der Waals surface area (Å²) in [6.45, 7) is 2.96. The zero-order valence-corrected chi connectivity index (χ0v) is 11.8. The summed E-state index contributed by atoms with van der Waals surface area (Å²) in [5, 5.41) is 12.8. The molecule has 96 valence electrons. The summed E-state index contributed by atoms with van der Waals surface area (Å²) in [5.74, 6) is 0.304. The van der Waals surface area contributed by atoms with E-state index < -0.39 is 0 Å². The van der Waals surface area contributed by atoms with Crippen LogP contribution in [0.15, 0.2) is 36.4 Å². The van der Waals surface area contributed by atoms with Gasteiger partial charge in [0.1, 0.15) is 5.75 Å². The van der Waals surface area contributed by atoms with Gasteiger partial charge in [-0.2, -0.15) is 0 Å². The lowest BCUT2D eigenvalue weighted by Gasteiger charge is -2.17. The van der Waals surface area contributed by atoms with Gasteiger partial charge in [0.25, 0.3) is 0 Å². The molecular weight excluding hydrogens is 266 g/mol. The normalized spacial score (nSPS) is 12.6. The van der Waals surface area contributed by atoms with Crippen LogP contribution in [0.5, 0.6) is 5.75 Å². The summed E-state index contributed by atoms with van der Waals surface area (Å²) < 4.78 is 0.824. The molecule has 2 N–H and O–H groups in total. The van der Waals surface area contributed by atoms with Crippen molar-refractivity contribution in [1.29, 1.82) is 0 Å². The molecule has 0 bridgehead atoms. The third-order valence-electron chi connectivity index (χ3n) is 2.86. The molecule has 18 heavy (non-hydrogen) atoms. The van der Waals surface area contributed by atoms with Crippen molar-refractivity contribution in [1.82, 2.24) is 5.32 Å². The van der Waals surface area contributed by atoms with Crippen molar-refractivity contribution in [3.05, 3.63) is 51.2 Å². The van der Waals surface area contributed by atoms with Gasteiger partial charge >= 0.3 is 0 Å². The highest BCUT2D eigenvalue weighted by Crippen LogP contribution is 2.23. The third-order valence-corrected chi connectivity index (χ3v) is 4.09. The summed E-state index contributed by atoms with van der Waals surface area (Å²) in [4.78, 5) is 1.23. The third kappa shape index (κ3) is 3.48. The number of halogens is 1. The first-order chi connectivity index (χ1) is 8.69. The number of phenols is 1. The van der Waals surface area contributed by atoms with E-state index in [0.29, 0.717) is 11.8 Å². The number of aromatic hydroxyl groups is 1. The Bertz CT molecular complexity index is 495. The van der Waals surface area contributed by atoms with Crippen LogP contribution in [0.2, 0.25) is 4.34 Å². The van der Waals surface area contributed by atoms with E-state index in [1.807, 2.05) is 24.3 Å². The van der Waals surface area contributed by atoms with Crippen molar-refractivity contribution < 1.29 is 5.11 Å². The molecule has 2 rings (SSSR count). The SMILES string of the molecule is CCC(NCc1ccc(Cl)s1)c1ccc(O)cc1. The van der Waals surface area contributed by atoms with Crippen LogP contribution < -0.4 is 5.32 Å². The lowest BCUT2D eigenvalue weighted by atomic mass is 10.0. The van der Waals surface area contributed by atoms with Crippen LogP contribution >= 0.6 is 22.9 Å². The maximum Gasteiger partial charge on any atom is 0.115 e. The van der Waals surface area contributed by atoms with Gasteiger partial charge in [-0.1, -0.05) is 30.7 Å². The first-order valence-electron chi connectivity index (χ1n) is 5.95. The average Bonchev–Trinajstić information content (AvgIpc) is 2.78. The van der Waals surface area contributed by atoms with E-state index in [1.54, 1.807) is 23.5 Å². The summed E-state index contributed by atoms with van der Waals surface area (Å²) >= 11 is 7.51.